The minimum absolute atomic E-state index is 0. The van der Waals surface area contributed by atoms with Gasteiger partial charge in [-0.15, -0.1) is 12.4 Å². The quantitative estimate of drug-likeness (QED) is 0.773. The number of carbonyl (C=O) groups excluding carboxylic acids is 1. The second-order valence-electron chi connectivity index (χ2n) is 6.34. The van der Waals surface area contributed by atoms with Gasteiger partial charge in [0.1, 0.15) is 11.6 Å². The molecule has 0 saturated carbocycles. The first-order valence-electron chi connectivity index (χ1n) is 8.45. The molecule has 0 atom stereocenters. The molecule has 1 aliphatic heterocycles. The van der Waals surface area contributed by atoms with E-state index in [2.05, 4.69) is 10.6 Å². The van der Waals surface area contributed by atoms with E-state index in [0.29, 0.717) is 11.4 Å². The number of hydrogen-bond acceptors (Lipinski definition) is 3. The Morgan fingerprint density at radius 1 is 1.19 bits per heavy atom. The van der Waals surface area contributed by atoms with Gasteiger partial charge in [0.15, 0.2) is 0 Å². The monoisotopic (exact) mass is 415 g/mol. The Kier molecular flexibility index (Phi) is 7.41. The van der Waals surface area contributed by atoms with E-state index >= 15 is 0 Å². The normalized spacial score (nSPS) is 14.4. The number of piperidine rings is 1. The van der Waals surface area contributed by atoms with Crippen molar-refractivity contribution in [2.75, 3.05) is 30.4 Å². The Bertz CT molecular complexity index is 814. The Morgan fingerprint density at radius 2 is 1.89 bits per heavy atom. The van der Waals surface area contributed by atoms with Crippen LogP contribution in [-0.4, -0.2) is 32.1 Å². The molecule has 1 saturated heterocycles. The molecule has 0 radical (unpaired) electrons. The Balaban J connectivity index is 0.00000261. The Labute approximate surface area is 168 Å². The van der Waals surface area contributed by atoms with Gasteiger partial charge in [-0.2, -0.15) is 0 Å². The summed E-state index contributed by atoms with van der Waals surface area (Å²) in [6.45, 7) is 1.80. The first kappa shape index (κ1) is 21.4. The second-order valence-corrected chi connectivity index (χ2v) is 6.74. The molecule has 2 aromatic rings. The summed E-state index contributed by atoms with van der Waals surface area (Å²) in [7, 11) is 1.86. The van der Waals surface area contributed by atoms with E-state index in [1.54, 1.807) is 6.07 Å². The molecule has 0 aromatic heterocycles. The van der Waals surface area contributed by atoms with Crippen LogP contribution >= 0.6 is 24.0 Å². The Hall–Kier alpha value is -1.89. The molecule has 1 heterocycles. The molecule has 4 nitrogen and oxygen atoms in total. The number of anilines is 2. The zero-order chi connectivity index (χ0) is 18.7. The number of nitrogens with one attached hydrogen (secondary N) is 2. The maximum atomic E-state index is 14.3. The fourth-order valence-corrected chi connectivity index (χ4v) is 3.38. The van der Waals surface area contributed by atoms with E-state index in [1.807, 2.05) is 11.9 Å². The number of halogens is 4. The van der Waals surface area contributed by atoms with Gasteiger partial charge >= 0.3 is 0 Å². The molecule has 8 heteroatoms. The number of nitrogens with zero attached hydrogens (tertiary/aromatic N) is 1. The van der Waals surface area contributed by atoms with Crippen LogP contribution in [0.1, 0.15) is 23.2 Å². The number of hydrogen-bond donors (Lipinski definition) is 2. The molecule has 2 aromatic carbocycles. The van der Waals surface area contributed by atoms with Gasteiger partial charge in [-0.1, -0.05) is 11.6 Å². The highest BCUT2D eigenvalue weighted by molar-refractivity contribution is 6.34. The highest BCUT2D eigenvalue weighted by atomic mass is 35.5. The SMILES string of the molecule is CN(c1cc(NC(=O)c2ccc(F)cc2Cl)ccc1F)C1CCNCC1.Cl. The average molecular weight is 416 g/mol. The van der Waals surface area contributed by atoms with Crippen molar-refractivity contribution in [3.63, 3.8) is 0 Å². The van der Waals surface area contributed by atoms with Gasteiger partial charge in [-0.3, -0.25) is 4.79 Å². The summed E-state index contributed by atoms with van der Waals surface area (Å²) in [4.78, 5) is 14.3. The lowest BCUT2D eigenvalue weighted by Crippen LogP contribution is -2.41. The van der Waals surface area contributed by atoms with E-state index in [9.17, 15) is 13.6 Å². The van der Waals surface area contributed by atoms with Crippen LogP contribution in [0.5, 0.6) is 0 Å². The van der Waals surface area contributed by atoms with Crippen LogP contribution in [0.25, 0.3) is 0 Å². The first-order valence-corrected chi connectivity index (χ1v) is 8.83. The lowest BCUT2D eigenvalue weighted by molar-refractivity contribution is 0.102. The van der Waals surface area contributed by atoms with Gasteiger partial charge in [-0.05, 0) is 62.3 Å². The molecular formula is C19H21Cl2F2N3O. The van der Waals surface area contributed by atoms with E-state index in [4.69, 9.17) is 11.6 Å². The van der Waals surface area contributed by atoms with Crippen molar-refractivity contribution in [1.29, 1.82) is 0 Å². The molecule has 0 unspecified atom stereocenters. The summed E-state index contributed by atoms with van der Waals surface area (Å²) in [5.74, 6) is -1.33. The van der Waals surface area contributed by atoms with E-state index < -0.39 is 11.7 Å². The van der Waals surface area contributed by atoms with E-state index in [0.717, 1.165) is 32.0 Å². The van der Waals surface area contributed by atoms with Crippen LogP contribution in [0, 0.1) is 11.6 Å². The topological polar surface area (TPSA) is 44.4 Å². The van der Waals surface area contributed by atoms with Gasteiger partial charge < -0.3 is 15.5 Å². The molecule has 2 N–H and O–H groups in total. The first-order chi connectivity index (χ1) is 12.5. The van der Waals surface area contributed by atoms with Gasteiger partial charge in [0.25, 0.3) is 5.91 Å². The summed E-state index contributed by atoms with van der Waals surface area (Å²) in [6, 6.07) is 8.23. The number of carbonyl (C=O) groups is 1. The molecule has 1 amide bonds. The molecule has 0 aliphatic carbocycles. The summed E-state index contributed by atoms with van der Waals surface area (Å²) in [6.07, 6.45) is 1.86. The molecule has 1 aliphatic rings. The standard InChI is InChI=1S/C19H20ClF2N3O.ClH/c1-25(14-6-8-23-9-7-14)18-11-13(3-5-17(18)22)24-19(26)15-4-2-12(21)10-16(15)20;/h2-5,10-11,14,23H,6-9H2,1H3,(H,24,26);1H. The summed E-state index contributed by atoms with van der Waals surface area (Å²) in [5.41, 5.74) is 1.04. The van der Waals surface area contributed by atoms with E-state index in [1.165, 1.54) is 24.3 Å². The number of rotatable bonds is 4. The van der Waals surface area contributed by atoms with Crippen molar-refractivity contribution < 1.29 is 13.6 Å². The molecule has 1 fully saturated rings. The molecule has 27 heavy (non-hydrogen) atoms. The summed E-state index contributed by atoms with van der Waals surface area (Å²) < 4.78 is 27.4. The zero-order valence-electron chi connectivity index (χ0n) is 14.8. The summed E-state index contributed by atoms with van der Waals surface area (Å²) >= 11 is 5.92. The fourth-order valence-electron chi connectivity index (χ4n) is 3.12. The highest BCUT2D eigenvalue weighted by Crippen LogP contribution is 2.27. The maximum absolute atomic E-state index is 14.3. The number of benzene rings is 2. The van der Waals surface area contributed by atoms with Crippen molar-refractivity contribution in [1.82, 2.24) is 5.32 Å². The minimum Gasteiger partial charge on any atom is -0.369 e. The smallest absolute Gasteiger partial charge is 0.257 e. The van der Waals surface area contributed by atoms with Crippen molar-refractivity contribution in [3.8, 4) is 0 Å². The van der Waals surface area contributed by atoms with Gasteiger partial charge in [0.2, 0.25) is 0 Å². The number of amides is 1. The van der Waals surface area contributed by atoms with Gasteiger partial charge in [0.05, 0.1) is 16.3 Å². The lowest BCUT2D eigenvalue weighted by atomic mass is 10.0. The molecule has 146 valence electrons. The van der Waals surface area contributed by atoms with E-state index in [-0.39, 0.29) is 34.9 Å². The summed E-state index contributed by atoms with van der Waals surface area (Å²) in [5, 5.41) is 6.00. The highest BCUT2D eigenvalue weighted by Gasteiger charge is 2.21. The molecular weight excluding hydrogens is 395 g/mol. The van der Waals surface area contributed by atoms with Crippen LogP contribution in [-0.2, 0) is 0 Å². The molecule has 0 spiro atoms. The van der Waals surface area contributed by atoms with Crippen molar-refractivity contribution in [2.45, 2.75) is 18.9 Å². The minimum atomic E-state index is -0.515. The second kappa shape index (κ2) is 9.35. The van der Waals surface area contributed by atoms with Gasteiger partial charge in [-0.25, -0.2) is 8.78 Å². The third-order valence-electron chi connectivity index (χ3n) is 4.62. The van der Waals surface area contributed by atoms with Crippen molar-refractivity contribution >= 4 is 41.3 Å². The largest absolute Gasteiger partial charge is 0.369 e. The van der Waals surface area contributed by atoms with Crippen molar-refractivity contribution in [2.24, 2.45) is 0 Å². The molecule has 3 rings (SSSR count). The third kappa shape index (κ3) is 5.09. The van der Waals surface area contributed by atoms with Crippen molar-refractivity contribution in [3.05, 3.63) is 58.6 Å². The average Bonchev–Trinajstić information content (AvgIpc) is 2.63. The van der Waals surface area contributed by atoms with Crippen LogP contribution < -0.4 is 15.5 Å². The van der Waals surface area contributed by atoms with Crippen LogP contribution in [0.2, 0.25) is 5.02 Å². The third-order valence-corrected chi connectivity index (χ3v) is 4.93. The lowest BCUT2D eigenvalue weighted by Gasteiger charge is -2.33. The van der Waals surface area contributed by atoms with Gasteiger partial charge in [0, 0.05) is 18.8 Å². The van der Waals surface area contributed by atoms with Crippen LogP contribution in [0.15, 0.2) is 36.4 Å². The van der Waals surface area contributed by atoms with Crippen LogP contribution in [0.3, 0.4) is 0 Å². The maximum Gasteiger partial charge on any atom is 0.257 e. The molecule has 0 bridgehead atoms. The fraction of sp³-hybridized carbons (Fsp3) is 0.316. The predicted octanol–water partition coefficient (Wildman–Crippen LogP) is 4.48. The Morgan fingerprint density at radius 3 is 2.56 bits per heavy atom. The van der Waals surface area contributed by atoms with Crippen LogP contribution in [0.4, 0.5) is 20.2 Å². The predicted molar refractivity (Wildman–Crippen MR) is 107 cm³/mol. The zero-order valence-corrected chi connectivity index (χ0v) is 16.3.